The van der Waals surface area contributed by atoms with E-state index in [-0.39, 0.29) is 0 Å². The minimum Gasteiger partial charge on any atom is -0.313 e. The van der Waals surface area contributed by atoms with Crippen LogP contribution in [-0.4, -0.2) is 16.4 Å². The number of aromatic nitrogens is 2. The van der Waals surface area contributed by atoms with Gasteiger partial charge in [0.15, 0.2) is 0 Å². The molecule has 19 heavy (non-hydrogen) atoms. The van der Waals surface area contributed by atoms with Crippen LogP contribution in [0.15, 0.2) is 54.9 Å². The first-order valence-corrected chi connectivity index (χ1v) is 6.50. The second-order valence-corrected chi connectivity index (χ2v) is 4.66. The lowest BCUT2D eigenvalue weighted by Gasteiger charge is -2.16. The molecule has 1 N–H and O–H groups in total. The van der Waals surface area contributed by atoms with E-state index in [4.69, 9.17) is 0 Å². The van der Waals surface area contributed by atoms with E-state index >= 15 is 0 Å². The summed E-state index contributed by atoms with van der Waals surface area (Å²) in [4.78, 5) is 4.35. The second-order valence-electron chi connectivity index (χ2n) is 4.66. The summed E-state index contributed by atoms with van der Waals surface area (Å²) in [6.45, 7) is 2.17. The predicted molar refractivity (Wildman–Crippen MR) is 78.1 cm³/mol. The van der Waals surface area contributed by atoms with Crippen molar-refractivity contribution in [2.24, 2.45) is 0 Å². The van der Waals surface area contributed by atoms with Gasteiger partial charge in [0.25, 0.3) is 0 Å². The van der Waals surface area contributed by atoms with Crippen LogP contribution in [0.5, 0.6) is 0 Å². The maximum Gasteiger partial charge on any atom is 0.137 e. The Hall–Kier alpha value is -2.13. The average Bonchev–Trinajstić information content (AvgIpc) is 2.94. The van der Waals surface area contributed by atoms with Crippen LogP contribution < -0.4 is 5.32 Å². The van der Waals surface area contributed by atoms with Crippen LogP contribution in [-0.2, 0) is 0 Å². The molecule has 96 valence electrons. The van der Waals surface area contributed by atoms with Gasteiger partial charge in [-0.15, -0.1) is 0 Å². The van der Waals surface area contributed by atoms with Crippen LogP contribution in [0.4, 0.5) is 0 Å². The summed E-state index contributed by atoms with van der Waals surface area (Å²) in [5, 5.41) is 3.31. The first-order chi connectivity index (χ1) is 9.31. The lowest BCUT2D eigenvalue weighted by Crippen LogP contribution is -2.13. The summed E-state index contributed by atoms with van der Waals surface area (Å²) in [7, 11) is 1.99. The topological polar surface area (TPSA) is 29.3 Å². The van der Waals surface area contributed by atoms with E-state index in [2.05, 4.69) is 58.0 Å². The van der Waals surface area contributed by atoms with Gasteiger partial charge in [0.05, 0.1) is 5.69 Å². The van der Waals surface area contributed by atoms with E-state index in [0.717, 1.165) is 5.65 Å². The van der Waals surface area contributed by atoms with Crippen molar-refractivity contribution in [3.63, 3.8) is 0 Å². The summed E-state index contributed by atoms with van der Waals surface area (Å²) >= 11 is 0. The van der Waals surface area contributed by atoms with Crippen molar-refractivity contribution in [1.29, 1.82) is 0 Å². The summed E-state index contributed by atoms with van der Waals surface area (Å²) in [5.74, 6) is 0. The third-order valence-electron chi connectivity index (χ3n) is 3.56. The second kappa shape index (κ2) is 4.86. The monoisotopic (exact) mass is 251 g/mol. The number of nitrogens with zero attached hydrogens (tertiary/aromatic N) is 2. The highest BCUT2D eigenvalue weighted by atomic mass is 15.0. The minimum absolute atomic E-state index is 0.315. The third kappa shape index (κ3) is 2.02. The summed E-state index contributed by atoms with van der Waals surface area (Å²) in [5.41, 5.74) is 4.69. The number of pyridine rings is 1. The van der Waals surface area contributed by atoms with Crippen LogP contribution in [0.1, 0.15) is 18.5 Å². The summed E-state index contributed by atoms with van der Waals surface area (Å²) in [6.07, 6.45) is 3.84. The molecule has 0 aliphatic heterocycles. The van der Waals surface area contributed by atoms with Crippen molar-refractivity contribution in [3.8, 4) is 11.3 Å². The molecule has 1 aromatic carbocycles. The highest BCUT2D eigenvalue weighted by molar-refractivity contribution is 5.67. The van der Waals surface area contributed by atoms with Gasteiger partial charge < -0.3 is 5.32 Å². The summed E-state index contributed by atoms with van der Waals surface area (Å²) in [6, 6.07) is 15.0. The lowest BCUT2D eigenvalue weighted by molar-refractivity contribution is 0.653. The van der Waals surface area contributed by atoms with E-state index in [9.17, 15) is 0 Å². The molecule has 3 rings (SSSR count). The van der Waals surface area contributed by atoms with Crippen molar-refractivity contribution in [1.82, 2.24) is 14.7 Å². The molecular weight excluding hydrogens is 234 g/mol. The van der Waals surface area contributed by atoms with Gasteiger partial charge in [-0.2, -0.15) is 0 Å². The molecule has 3 heteroatoms. The Morgan fingerprint density at radius 3 is 2.79 bits per heavy atom. The Labute approximate surface area is 112 Å². The lowest BCUT2D eigenvalue weighted by atomic mass is 9.98. The SMILES string of the molecule is CNC(C)c1ccccc1-c1cccc2nccn12. The van der Waals surface area contributed by atoms with Crippen LogP contribution in [0.25, 0.3) is 16.9 Å². The van der Waals surface area contributed by atoms with Crippen molar-refractivity contribution >= 4 is 5.65 Å². The molecule has 0 amide bonds. The van der Waals surface area contributed by atoms with Gasteiger partial charge in [-0.05, 0) is 31.7 Å². The average molecular weight is 251 g/mol. The molecule has 3 nitrogen and oxygen atoms in total. The quantitative estimate of drug-likeness (QED) is 0.774. The van der Waals surface area contributed by atoms with E-state index in [1.807, 2.05) is 25.5 Å². The molecule has 2 heterocycles. The number of benzene rings is 1. The van der Waals surface area contributed by atoms with Crippen LogP contribution >= 0.6 is 0 Å². The number of hydrogen-bond donors (Lipinski definition) is 1. The number of rotatable bonds is 3. The molecule has 0 bridgehead atoms. The van der Waals surface area contributed by atoms with E-state index in [1.54, 1.807) is 0 Å². The molecule has 2 aromatic heterocycles. The van der Waals surface area contributed by atoms with Crippen LogP contribution in [0.3, 0.4) is 0 Å². The smallest absolute Gasteiger partial charge is 0.137 e. The van der Waals surface area contributed by atoms with Crippen LogP contribution in [0.2, 0.25) is 0 Å². The molecule has 0 fully saturated rings. The fourth-order valence-electron chi connectivity index (χ4n) is 2.43. The van der Waals surface area contributed by atoms with Gasteiger partial charge >= 0.3 is 0 Å². The Morgan fingerprint density at radius 1 is 1.11 bits per heavy atom. The zero-order valence-corrected chi connectivity index (χ0v) is 11.2. The fraction of sp³-hybridized carbons (Fsp3) is 0.188. The minimum atomic E-state index is 0.315. The van der Waals surface area contributed by atoms with Crippen molar-refractivity contribution in [2.45, 2.75) is 13.0 Å². The van der Waals surface area contributed by atoms with Gasteiger partial charge in [-0.25, -0.2) is 4.98 Å². The largest absolute Gasteiger partial charge is 0.313 e. The van der Waals surface area contributed by atoms with Gasteiger partial charge in [-0.1, -0.05) is 30.3 Å². The Morgan fingerprint density at radius 2 is 1.95 bits per heavy atom. The molecular formula is C16H17N3. The molecule has 1 unspecified atom stereocenters. The number of imidazole rings is 1. The molecule has 0 spiro atoms. The molecule has 1 atom stereocenters. The molecule has 0 radical (unpaired) electrons. The first-order valence-electron chi connectivity index (χ1n) is 6.50. The highest BCUT2D eigenvalue weighted by Gasteiger charge is 2.12. The van der Waals surface area contributed by atoms with Crippen molar-refractivity contribution in [3.05, 3.63) is 60.4 Å². The molecule has 0 saturated heterocycles. The Kier molecular flexibility index (Phi) is 3.05. The fourth-order valence-corrected chi connectivity index (χ4v) is 2.43. The van der Waals surface area contributed by atoms with E-state index in [0.29, 0.717) is 6.04 Å². The highest BCUT2D eigenvalue weighted by Crippen LogP contribution is 2.28. The van der Waals surface area contributed by atoms with Gasteiger partial charge in [0.1, 0.15) is 5.65 Å². The van der Waals surface area contributed by atoms with E-state index < -0.39 is 0 Å². The zero-order valence-electron chi connectivity index (χ0n) is 11.2. The van der Waals surface area contributed by atoms with Crippen LogP contribution in [0, 0.1) is 0 Å². The van der Waals surface area contributed by atoms with Crippen molar-refractivity contribution in [2.75, 3.05) is 7.05 Å². The standard InChI is InChI=1S/C16H17N3/c1-12(17-2)13-6-3-4-7-14(13)15-8-5-9-16-18-10-11-19(15)16/h3-12,17H,1-2H3. The molecule has 0 aliphatic rings. The summed E-state index contributed by atoms with van der Waals surface area (Å²) < 4.78 is 2.13. The Bertz CT molecular complexity index is 700. The van der Waals surface area contributed by atoms with Gasteiger partial charge in [-0.3, -0.25) is 4.40 Å². The number of nitrogens with one attached hydrogen (secondary N) is 1. The maximum absolute atomic E-state index is 4.35. The third-order valence-corrected chi connectivity index (χ3v) is 3.56. The molecule has 0 saturated carbocycles. The molecule has 0 aliphatic carbocycles. The maximum atomic E-state index is 4.35. The number of fused-ring (bicyclic) bond motifs is 1. The predicted octanol–water partition coefficient (Wildman–Crippen LogP) is 3.28. The van der Waals surface area contributed by atoms with E-state index in [1.165, 1.54) is 16.8 Å². The normalized spacial score (nSPS) is 12.7. The first kappa shape index (κ1) is 11.9. The van der Waals surface area contributed by atoms with Gasteiger partial charge in [0.2, 0.25) is 0 Å². The molecule has 3 aromatic rings. The Balaban J connectivity index is 2.24. The number of hydrogen-bond acceptors (Lipinski definition) is 2. The van der Waals surface area contributed by atoms with Gasteiger partial charge in [0, 0.05) is 24.0 Å². The zero-order chi connectivity index (χ0) is 13.2. The van der Waals surface area contributed by atoms with Crippen molar-refractivity contribution < 1.29 is 0 Å².